The van der Waals surface area contributed by atoms with Crippen LogP contribution in [-0.2, 0) is 6.54 Å². The molecule has 1 N–H and O–H groups in total. The summed E-state index contributed by atoms with van der Waals surface area (Å²) in [6.45, 7) is 2.38. The van der Waals surface area contributed by atoms with Gasteiger partial charge in [-0.1, -0.05) is 11.6 Å². The number of aryl methyl sites for hydroxylation is 1. The fraction of sp³-hybridized carbons (Fsp3) is 0.300. The molecule has 82 valence electrons. The van der Waals surface area contributed by atoms with Crippen molar-refractivity contribution in [2.75, 3.05) is 7.11 Å². The number of benzene rings is 1. The molecule has 1 amide bonds. The summed E-state index contributed by atoms with van der Waals surface area (Å²) in [5, 5.41) is 3.19. The Morgan fingerprint density at radius 2 is 2.27 bits per heavy atom. The number of hydrogen-bond donors (Lipinski definition) is 1. The summed E-state index contributed by atoms with van der Waals surface area (Å²) in [5.74, 6) is 0.642. The van der Waals surface area contributed by atoms with Crippen LogP contribution in [0.3, 0.4) is 0 Å². The Balaban J connectivity index is 2.90. The highest BCUT2D eigenvalue weighted by molar-refractivity contribution is 9.18. The van der Waals surface area contributed by atoms with E-state index in [2.05, 4.69) is 21.2 Å². The summed E-state index contributed by atoms with van der Waals surface area (Å²) in [6.07, 6.45) is 0. The maximum atomic E-state index is 10.7. The summed E-state index contributed by atoms with van der Waals surface area (Å²) < 4.78 is 5.08. The van der Waals surface area contributed by atoms with Crippen molar-refractivity contribution in [1.82, 2.24) is 5.32 Å². The SMILES string of the molecule is COc1cc(C)c(CNC(=O)Br)cc1Cl. The molecule has 0 aliphatic carbocycles. The molecule has 1 aromatic rings. The van der Waals surface area contributed by atoms with Crippen molar-refractivity contribution in [3.05, 3.63) is 28.3 Å². The van der Waals surface area contributed by atoms with Crippen molar-refractivity contribution in [3.63, 3.8) is 0 Å². The minimum absolute atomic E-state index is 0.242. The topological polar surface area (TPSA) is 38.3 Å². The Labute approximate surface area is 102 Å². The first kappa shape index (κ1) is 12.3. The predicted molar refractivity (Wildman–Crippen MR) is 63.9 cm³/mol. The van der Waals surface area contributed by atoms with Gasteiger partial charge in [-0.25, -0.2) is 0 Å². The molecule has 0 saturated carbocycles. The molecule has 0 saturated heterocycles. The Morgan fingerprint density at radius 3 is 2.80 bits per heavy atom. The lowest BCUT2D eigenvalue weighted by Crippen LogP contribution is -2.15. The van der Waals surface area contributed by atoms with Gasteiger partial charge in [0.1, 0.15) is 5.75 Å². The van der Waals surface area contributed by atoms with Crippen molar-refractivity contribution >= 4 is 32.3 Å². The number of methoxy groups -OCH3 is 1. The van der Waals surface area contributed by atoms with Gasteiger partial charge in [-0.3, -0.25) is 4.79 Å². The van der Waals surface area contributed by atoms with Crippen molar-refractivity contribution in [3.8, 4) is 5.75 Å². The molecule has 1 aromatic carbocycles. The number of carbonyl (C=O) groups is 1. The van der Waals surface area contributed by atoms with Crippen molar-refractivity contribution in [2.45, 2.75) is 13.5 Å². The average Bonchev–Trinajstić information content (AvgIpc) is 2.18. The van der Waals surface area contributed by atoms with E-state index in [-0.39, 0.29) is 4.82 Å². The number of rotatable bonds is 3. The van der Waals surface area contributed by atoms with E-state index >= 15 is 0 Å². The number of ether oxygens (including phenoxy) is 1. The van der Waals surface area contributed by atoms with Crippen molar-refractivity contribution < 1.29 is 9.53 Å². The van der Waals surface area contributed by atoms with Crippen LogP contribution >= 0.6 is 27.5 Å². The molecular formula is C10H11BrClNO2. The zero-order valence-electron chi connectivity index (χ0n) is 8.43. The van der Waals surface area contributed by atoms with E-state index in [0.29, 0.717) is 17.3 Å². The van der Waals surface area contributed by atoms with E-state index < -0.39 is 0 Å². The molecule has 0 fully saturated rings. The van der Waals surface area contributed by atoms with Gasteiger partial charge in [0.15, 0.2) is 0 Å². The first-order valence-electron chi connectivity index (χ1n) is 4.31. The maximum Gasteiger partial charge on any atom is 0.287 e. The Bertz CT molecular complexity index is 382. The fourth-order valence-electron chi connectivity index (χ4n) is 1.21. The van der Waals surface area contributed by atoms with Crippen LogP contribution in [0, 0.1) is 6.92 Å². The first-order chi connectivity index (χ1) is 7.04. The third kappa shape index (κ3) is 3.39. The molecule has 3 nitrogen and oxygen atoms in total. The lowest BCUT2D eigenvalue weighted by molar-refractivity contribution is 0.261. The largest absolute Gasteiger partial charge is 0.495 e. The Kier molecular flexibility index (Phi) is 4.42. The number of nitrogens with one attached hydrogen (secondary N) is 1. The molecule has 0 radical (unpaired) electrons. The lowest BCUT2D eigenvalue weighted by Gasteiger charge is -2.10. The van der Waals surface area contributed by atoms with Gasteiger partial charge in [-0.2, -0.15) is 0 Å². The molecule has 15 heavy (non-hydrogen) atoms. The second-order valence-electron chi connectivity index (χ2n) is 3.04. The van der Waals surface area contributed by atoms with Crippen LogP contribution in [0.2, 0.25) is 5.02 Å². The Hall–Kier alpha value is -0.740. The molecule has 0 bridgehead atoms. The van der Waals surface area contributed by atoms with Gasteiger partial charge in [0.25, 0.3) is 4.82 Å². The predicted octanol–water partition coefficient (Wildman–Crippen LogP) is 3.26. The molecule has 0 heterocycles. The van der Waals surface area contributed by atoms with E-state index in [1.165, 1.54) is 0 Å². The van der Waals surface area contributed by atoms with Crippen LogP contribution in [0.15, 0.2) is 12.1 Å². The van der Waals surface area contributed by atoms with Crippen molar-refractivity contribution in [1.29, 1.82) is 0 Å². The second kappa shape index (κ2) is 5.37. The van der Waals surface area contributed by atoms with E-state index in [4.69, 9.17) is 16.3 Å². The van der Waals surface area contributed by atoms with Crippen LogP contribution in [0.5, 0.6) is 5.75 Å². The molecule has 5 heteroatoms. The zero-order chi connectivity index (χ0) is 11.4. The molecule has 0 aliphatic rings. The molecule has 0 aromatic heterocycles. The van der Waals surface area contributed by atoms with Gasteiger partial charge in [0.2, 0.25) is 0 Å². The summed E-state index contributed by atoms with van der Waals surface area (Å²) in [6, 6.07) is 3.64. The molecule has 0 aliphatic heterocycles. The van der Waals surface area contributed by atoms with Gasteiger partial charge in [0.05, 0.1) is 12.1 Å². The van der Waals surface area contributed by atoms with Gasteiger partial charge < -0.3 is 10.1 Å². The molecule has 1 rings (SSSR count). The third-order valence-corrected chi connectivity index (χ3v) is 2.60. The van der Waals surface area contributed by atoms with Gasteiger partial charge in [0, 0.05) is 22.5 Å². The molecular weight excluding hydrogens is 281 g/mol. The average molecular weight is 293 g/mol. The van der Waals surface area contributed by atoms with Crippen LogP contribution in [0.1, 0.15) is 11.1 Å². The number of amides is 1. The van der Waals surface area contributed by atoms with Gasteiger partial charge in [-0.05, 0) is 30.2 Å². The zero-order valence-corrected chi connectivity index (χ0v) is 10.8. The highest BCUT2D eigenvalue weighted by atomic mass is 79.9. The normalized spacial score (nSPS) is 9.87. The van der Waals surface area contributed by atoms with E-state index in [1.54, 1.807) is 13.2 Å². The fourth-order valence-corrected chi connectivity index (χ4v) is 1.61. The summed E-state index contributed by atoms with van der Waals surface area (Å²) in [5.41, 5.74) is 1.99. The van der Waals surface area contributed by atoms with E-state index in [9.17, 15) is 4.79 Å². The monoisotopic (exact) mass is 291 g/mol. The maximum absolute atomic E-state index is 10.7. The standard InChI is InChI=1S/C10H11BrClNO2/c1-6-3-9(15-2)8(12)4-7(6)5-13-10(11)14/h3-4H,5H2,1-2H3,(H,13,14). The van der Waals surface area contributed by atoms with Crippen LogP contribution in [0.4, 0.5) is 4.79 Å². The minimum atomic E-state index is -0.242. The number of carbonyl (C=O) groups excluding carboxylic acids is 1. The van der Waals surface area contributed by atoms with Crippen molar-refractivity contribution in [2.24, 2.45) is 0 Å². The molecule has 0 spiro atoms. The molecule has 0 atom stereocenters. The third-order valence-electron chi connectivity index (χ3n) is 2.03. The van der Waals surface area contributed by atoms with E-state index in [1.807, 2.05) is 13.0 Å². The second-order valence-corrected chi connectivity index (χ2v) is 4.17. The number of hydrogen-bond acceptors (Lipinski definition) is 2. The number of halogens is 2. The highest BCUT2D eigenvalue weighted by Crippen LogP contribution is 2.27. The highest BCUT2D eigenvalue weighted by Gasteiger charge is 2.06. The smallest absolute Gasteiger partial charge is 0.287 e. The quantitative estimate of drug-likeness (QED) is 0.686. The van der Waals surface area contributed by atoms with Gasteiger partial charge >= 0.3 is 0 Å². The summed E-state index contributed by atoms with van der Waals surface area (Å²) >= 11 is 8.76. The summed E-state index contributed by atoms with van der Waals surface area (Å²) in [4.78, 5) is 10.4. The van der Waals surface area contributed by atoms with Crippen LogP contribution < -0.4 is 10.1 Å². The van der Waals surface area contributed by atoms with Crippen LogP contribution in [-0.4, -0.2) is 11.9 Å². The van der Waals surface area contributed by atoms with E-state index in [0.717, 1.165) is 11.1 Å². The lowest BCUT2D eigenvalue weighted by atomic mass is 10.1. The van der Waals surface area contributed by atoms with Crippen LogP contribution in [0.25, 0.3) is 0 Å². The minimum Gasteiger partial charge on any atom is -0.495 e. The van der Waals surface area contributed by atoms with Gasteiger partial charge in [-0.15, -0.1) is 0 Å². The summed E-state index contributed by atoms with van der Waals surface area (Å²) in [7, 11) is 1.57. The Morgan fingerprint density at radius 1 is 1.60 bits per heavy atom. The first-order valence-corrected chi connectivity index (χ1v) is 5.48. The molecule has 0 unspecified atom stereocenters.